The predicted octanol–water partition coefficient (Wildman–Crippen LogP) is 2.11. The number of methoxy groups -OCH3 is 1. The van der Waals surface area contributed by atoms with Crippen LogP contribution in [-0.2, 0) is 4.74 Å². The molecule has 0 aromatic carbocycles. The molecule has 14 heavy (non-hydrogen) atoms. The molecule has 0 radical (unpaired) electrons. The van der Waals surface area contributed by atoms with Crippen LogP contribution in [0.4, 0.5) is 5.13 Å². The van der Waals surface area contributed by atoms with Crippen molar-refractivity contribution in [2.45, 2.75) is 32.8 Å². The topological polar surface area (TPSA) is 47.0 Å². The lowest BCUT2D eigenvalue weighted by Crippen LogP contribution is -2.17. The fourth-order valence-corrected chi connectivity index (χ4v) is 1.61. The fourth-order valence-electron chi connectivity index (χ4n) is 0.854. The molecule has 80 valence electrons. The third kappa shape index (κ3) is 3.23. The van der Waals surface area contributed by atoms with Crippen LogP contribution in [0, 0.1) is 0 Å². The summed E-state index contributed by atoms with van der Waals surface area (Å²) in [6.07, 6.45) is 0.196. The Labute approximate surface area is 88.7 Å². The van der Waals surface area contributed by atoms with E-state index in [1.54, 1.807) is 18.4 Å². The van der Waals surface area contributed by atoms with Gasteiger partial charge in [-0.1, -0.05) is 25.2 Å². The van der Waals surface area contributed by atoms with E-state index >= 15 is 0 Å². The van der Waals surface area contributed by atoms with Crippen LogP contribution in [0.1, 0.15) is 31.7 Å². The van der Waals surface area contributed by atoms with Crippen LogP contribution in [0.15, 0.2) is 0 Å². The van der Waals surface area contributed by atoms with Crippen LogP contribution >= 0.6 is 11.3 Å². The Kier molecular flexibility index (Phi) is 4.28. The Balaban J connectivity index is 2.44. The third-order valence-corrected chi connectivity index (χ3v) is 3.06. The van der Waals surface area contributed by atoms with Crippen LogP contribution in [-0.4, -0.2) is 30.0 Å². The average molecular weight is 215 g/mol. The van der Waals surface area contributed by atoms with Gasteiger partial charge in [0.05, 0.1) is 6.10 Å². The molecule has 0 fully saturated rings. The van der Waals surface area contributed by atoms with Crippen molar-refractivity contribution in [3.05, 3.63) is 5.01 Å². The molecule has 0 bridgehead atoms. The van der Waals surface area contributed by atoms with Crippen molar-refractivity contribution < 1.29 is 4.74 Å². The van der Waals surface area contributed by atoms with E-state index in [1.807, 2.05) is 6.92 Å². The highest BCUT2D eigenvalue weighted by atomic mass is 32.1. The van der Waals surface area contributed by atoms with Crippen molar-refractivity contribution in [3.63, 3.8) is 0 Å². The molecular formula is C9H17N3OS. The minimum Gasteiger partial charge on any atom is -0.380 e. The number of anilines is 1. The molecule has 5 heteroatoms. The van der Waals surface area contributed by atoms with Gasteiger partial charge in [0.2, 0.25) is 5.13 Å². The first-order chi connectivity index (χ1) is 6.63. The van der Waals surface area contributed by atoms with E-state index in [1.165, 1.54) is 0 Å². The van der Waals surface area contributed by atoms with Crippen molar-refractivity contribution in [2.24, 2.45) is 0 Å². The van der Waals surface area contributed by atoms with Crippen molar-refractivity contribution in [1.82, 2.24) is 10.2 Å². The van der Waals surface area contributed by atoms with E-state index < -0.39 is 0 Å². The largest absolute Gasteiger partial charge is 0.380 e. The highest BCUT2D eigenvalue weighted by Crippen LogP contribution is 2.22. The molecule has 1 rings (SSSR count). The molecule has 1 aromatic rings. The minimum atomic E-state index is 0.196. The summed E-state index contributed by atoms with van der Waals surface area (Å²) in [6, 6.07) is 0. The van der Waals surface area contributed by atoms with Crippen LogP contribution in [0.25, 0.3) is 0 Å². The first-order valence-electron chi connectivity index (χ1n) is 4.73. The van der Waals surface area contributed by atoms with E-state index in [9.17, 15) is 0 Å². The lowest BCUT2D eigenvalue weighted by atomic mass is 10.2. The van der Waals surface area contributed by atoms with Crippen LogP contribution < -0.4 is 5.32 Å². The molecule has 0 aliphatic carbocycles. The summed E-state index contributed by atoms with van der Waals surface area (Å²) in [5, 5.41) is 13.3. The van der Waals surface area contributed by atoms with Gasteiger partial charge in [-0.3, -0.25) is 0 Å². The van der Waals surface area contributed by atoms with E-state index in [0.717, 1.165) is 16.7 Å². The van der Waals surface area contributed by atoms with Crippen molar-refractivity contribution >= 4 is 16.5 Å². The Morgan fingerprint density at radius 2 is 2.07 bits per heavy atom. The minimum absolute atomic E-state index is 0.196. The number of aromatic nitrogens is 2. The second-order valence-electron chi connectivity index (χ2n) is 3.53. The van der Waals surface area contributed by atoms with E-state index in [-0.39, 0.29) is 6.10 Å². The molecule has 1 atom stereocenters. The fraction of sp³-hybridized carbons (Fsp3) is 0.778. The maximum absolute atomic E-state index is 5.12. The molecule has 1 N–H and O–H groups in total. The zero-order valence-corrected chi connectivity index (χ0v) is 9.89. The van der Waals surface area contributed by atoms with Gasteiger partial charge in [0.25, 0.3) is 0 Å². The van der Waals surface area contributed by atoms with Gasteiger partial charge in [-0.15, -0.1) is 10.2 Å². The van der Waals surface area contributed by atoms with E-state index in [2.05, 4.69) is 29.4 Å². The molecule has 1 aromatic heterocycles. The monoisotopic (exact) mass is 215 g/mol. The maximum Gasteiger partial charge on any atom is 0.205 e. The normalized spacial score (nSPS) is 13.2. The smallest absolute Gasteiger partial charge is 0.205 e. The summed E-state index contributed by atoms with van der Waals surface area (Å²) in [5.74, 6) is 0.447. The molecule has 0 aliphatic heterocycles. The van der Waals surface area contributed by atoms with Crippen molar-refractivity contribution in [2.75, 3.05) is 19.0 Å². The molecule has 0 saturated carbocycles. The van der Waals surface area contributed by atoms with Gasteiger partial charge in [0.1, 0.15) is 5.01 Å². The van der Waals surface area contributed by atoms with Crippen molar-refractivity contribution in [3.8, 4) is 0 Å². The van der Waals surface area contributed by atoms with Crippen LogP contribution in [0.2, 0.25) is 0 Å². The first kappa shape index (κ1) is 11.4. The quantitative estimate of drug-likeness (QED) is 0.817. The van der Waals surface area contributed by atoms with Gasteiger partial charge in [-0.25, -0.2) is 0 Å². The SMILES string of the molecule is COC(C)CNc1nnc(C(C)C)s1. The molecule has 0 spiro atoms. The van der Waals surface area contributed by atoms with Gasteiger partial charge >= 0.3 is 0 Å². The predicted molar refractivity (Wildman–Crippen MR) is 59.0 cm³/mol. The molecule has 4 nitrogen and oxygen atoms in total. The summed E-state index contributed by atoms with van der Waals surface area (Å²) in [6.45, 7) is 7.00. The molecule has 0 amide bonds. The van der Waals surface area contributed by atoms with E-state index in [4.69, 9.17) is 4.74 Å². The summed E-state index contributed by atoms with van der Waals surface area (Å²) in [4.78, 5) is 0. The van der Waals surface area contributed by atoms with Crippen molar-refractivity contribution in [1.29, 1.82) is 0 Å². The number of ether oxygens (including phenoxy) is 1. The second kappa shape index (κ2) is 5.26. The zero-order valence-electron chi connectivity index (χ0n) is 9.07. The molecule has 1 heterocycles. The number of nitrogens with one attached hydrogen (secondary N) is 1. The number of nitrogens with zero attached hydrogens (tertiary/aromatic N) is 2. The summed E-state index contributed by atoms with van der Waals surface area (Å²) in [7, 11) is 1.70. The van der Waals surface area contributed by atoms with Gasteiger partial charge in [0.15, 0.2) is 0 Å². The second-order valence-corrected chi connectivity index (χ2v) is 4.54. The summed E-state index contributed by atoms with van der Waals surface area (Å²) in [5.41, 5.74) is 0. The first-order valence-corrected chi connectivity index (χ1v) is 5.55. The van der Waals surface area contributed by atoms with Gasteiger partial charge < -0.3 is 10.1 Å². The number of hydrogen-bond acceptors (Lipinski definition) is 5. The van der Waals surface area contributed by atoms with Gasteiger partial charge in [-0.2, -0.15) is 0 Å². The summed E-state index contributed by atoms with van der Waals surface area (Å²) >= 11 is 1.60. The molecule has 0 saturated heterocycles. The molecular weight excluding hydrogens is 198 g/mol. The van der Waals surface area contributed by atoms with E-state index in [0.29, 0.717) is 5.92 Å². The maximum atomic E-state index is 5.12. The van der Waals surface area contributed by atoms with Crippen LogP contribution in [0.3, 0.4) is 0 Å². The Hall–Kier alpha value is -0.680. The Bertz CT molecular complexity index is 275. The third-order valence-electron chi connectivity index (χ3n) is 1.88. The number of hydrogen-bond donors (Lipinski definition) is 1. The average Bonchev–Trinajstić information content (AvgIpc) is 2.62. The Morgan fingerprint density at radius 1 is 1.36 bits per heavy atom. The zero-order chi connectivity index (χ0) is 10.6. The van der Waals surface area contributed by atoms with Crippen LogP contribution in [0.5, 0.6) is 0 Å². The molecule has 1 unspecified atom stereocenters. The number of rotatable bonds is 5. The van der Waals surface area contributed by atoms with Gasteiger partial charge in [0, 0.05) is 19.6 Å². The highest BCUT2D eigenvalue weighted by molar-refractivity contribution is 7.15. The summed E-state index contributed by atoms with van der Waals surface area (Å²) < 4.78 is 5.12. The highest BCUT2D eigenvalue weighted by Gasteiger charge is 2.07. The lowest BCUT2D eigenvalue weighted by Gasteiger charge is -2.08. The standard InChI is InChI=1S/C9H17N3OS/c1-6(2)8-11-12-9(14-8)10-5-7(3)13-4/h6-7H,5H2,1-4H3,(H,10,12). The molecule has 0 aliphatic rings. The lowest BCUT2D eigenvalue weighted by molar-refractivity contribution is 0.129. The Morgan fingerprint density at radius 3 is 2.57 bits per heavy atom. The van der Waals surface area contributed by atoms with Gasteiger partial charge in [-0.05, 0) is 6.92 Å².